The van der Waals surface area contributed by atoms with Crippen LogP contribution in [0.15, 0.2) is 82.8 Å². The molecular weight excluding hydrogens is 413 g/mol. The van der Waals surface area contributed by atoms with Gasteiger partial charge in [0.05, 0.1) is 23.1 Å². The highest BCUT2D eigenvalue weighted by Gasteiger charge is 2.45. The van der Waals surface area contributed by atoms with E-state index in [1.54, 1.807) is 18.2 Å². The summed E-state index contributed by atoms with van der Waals surface area (Å²) >= 11 is 0. The number of rotatable bonds is 5. The van der Waals surface area contributed by atoms with Crippen molar-refractivity contribution in [1.82, 2.24) is 9.88 Å². The van der Waals surface area contributed by atoms with E-state index in [1.807, 2.05) is 0 Å². The fourth-order valence-electron chi connectivity index (χ4n) is 3.48. The SMILES string of the molecule is O=C(C1=C(O)C(=O)N(Cc2cccc(C(F)(F)F)c2)C1c1ccccn1)c1ccco1. The number of carbonyl (C=O) groups is 2. The van der Waals surface area contributed by atoms with Crippen molar-refractivity contribution < 1.29 is 32.3 Å². The van der Waals surface area contributed by atoms with E-state index in [-0.39, 0.29) is 29.1 Å². The number of carbonyl (C=O) groups excluding carboxylic acids is 2. The van der Waals surface area contributed by atoms with Gasteiger partial charge in [0.25, 0.3) is 5.91 Å². The molecule has 1 unspecified atom stereocenters. The van der Waals surface area contributed by atoms with Crippen LogP contribution in [0, 0.1) is 0 Å². The van der Waals surface area contributed by atoms with Gasteiger partial charge < -0.3 is 14.4 Å². The zero-order valence-corrected chi connectivity index (χ0v) is 15.8. The summed E-state index contributed by atoms with van der Waals surface area (Å²) in [7, 11) is 0. The third-order valence-electron chi connectivity index (χ3n) is 4.87. The summed E-state index contributed by atoms with van der Waals surface area (Å²) in [5.74, 6) is -2.47. The average Bonchev–Trinajstić information content (AvgIpc) is 3.37. The molecule has 2 aromatic heterocycles. The monoisotopic (exact) mass is 428 g/mol. The first-order valence-corrected chi connectivity index (χ1v) is 9.16. The fraction of sp³-hybridized carbons (Fsp3) is 0.136. The van der Waals surface area contributed by atoms with E-state index in [0.717, 1.165) is 17.0 Å². The number of alkyl halides is 3. The van der Waals surface area contributed by atoms with Crippen molar-refractivity contribution in [2.75, 3.05) is 0 Å². The first kappa shape index (κ1) is 20.4. The molecule has 3 heterocycles. The van der Waals surface area contributed by atoms with Crippen LogP contribution in [0.1, 0.15) is 33.4 Å². The number of aliphatic hydroxyl groups excluding tert-OH is 1. The van der Waals surface area contributed by atoms with E-state index in [1.165, 1.54) is 36.7 Å². The third kappa shape index (κ3) is 3.81. The predicted molar refractivity (Wildman–Crippen MR) is 102 cm³/mol. The van der Waals surface area contributed by atoms with E-state index in [9.17, 15) is 27.9 Å². The minimum Gasteiger partial charge on any atom is -0.503 e. The zero-order chi connectivity index (χ0) is 22.2. The molecule has 4 rings (SSSR count). The van der Waals surface area contributed by atoms with E-state index in [2.05, 4.69) is 4.98 Å². The molecule has 1 aliphatic rings. The van der Waals surface area contributed by atoms with Crippen molar-refractivity contribution in [2.45, 2.75) is 18.8 Å². The Balaban J connectivity index is 1.76. The number of benzene rings is 1. The van der Waals surface area contributed by atoms with Crippen LogP contribution in [0.25, 0.3) is 0 Å². The molecule has 0 spiro atoms. The van der Waals surface area contributed by atoms with Crippen molar-refractivity contribution in [2.24, 2.45) is 0 Å². The standard InChI is InChI=1S/C22H15F3N2O4/c23-22(24,25)14-6-3-5-13(11-14)12-27-18(15-7-1-2-9-26-15)17(20(29)21(27)30)19(28)16-8-4-10-31-16/h1-11,18,29H,12H2. The van der Waals surface area contributed by atoms with Gasteiger partial charge in [0.1, 0.15) is 6.04 Å². The second-order valence-corrected chi connectivity index (χ2v) is 6.86. The Bertz CT molecular complexity index is 1160. The van der Waals surface area contributed by atoms with Crippen LogP contribution in [0.2, 0.25) is 0 Å². The molecular formula is C22H15F3N2O4. The second-order valence-electron chi connectivity index (χ2n) is 6.86. The van der Waals surface area contributed by atoms with Crippen LogP contribution in [-0.2, 0) is 17.5 Å². The Morgan fingerprint density at radius 1 is 1.13 bits per heavy atom. The molecule has 1 aliphatic heterocycles. The van der Waals surface area contributed by atoms with Gasteiger partial charge in [0.15, 0.2) is 11.5 Å². The van der Waals surface area contributed by atoms with Gasteiger partial charge in [-0.15, -0.1) is 0 Å². The number of furan rings is 1. The van der Waals surface area contributed by atoms with Crippen molar-refractivity contribution in [1.29, 1.82) is 0 Å². The number of amides is 1. The third-order valence-corrected chi connectivity index (χ3v) is 4.87. The molecule has 0 bridgehead atoms. The Hall–Kier alpha value is -3.88. The smallest absolute Gasteiger partial charge is 0.416 e. The van der Waals surface area contributed by atoms with E-state index in [0.29, 0.717) is 0 Å². The van der Waals surface area contributed by atoms with Gasteiger partial charge in [0, 0.05) is 12.7 Å². The van der Waals surface area contributed by atoms with Crippen molar-refractivity contribution in [3.8, 4) is 0 Å². The highest BCUT2D eigenvalue weighted by atomic mass is 19.4. The summed E-state index contributed by atoms with van der Waals surface area (Å²) in [5, 5.41) is 10.5. The molecule has 1 aromatic carbocycles. The summed E-state index contributed by atoms with van der Waals surface area (Å²) in [6, 6.07) is 11.1. The van der Waals surface area contributed by atoms with Gasteiger partial charge in [-0.05, 0) is 42.0 Å². The minimum absolute atomic E-state index is 0.0869. The van der Waals surface area contributed by atoms with Crippen LogP contribution in [0.5, 0.6) is 0 Å². The quantitative estimate of drug-likeness (QED) is 0.606. The van der Waals surface area contributed by atoms with Gasteiger partial charge in [0.2, 0.25) is 5.78 Å². The number of pyridine rings is 1. The zero-order valence-electron chi connectivity index (χ0n) is 15.8. The largest absolute Gasteiger partial charge is 0.503 e. The van der Waals surface area contributed by atoms with E-state index >= 15 is 0 Å². The highest BCUT2D eigenvalue weighted by molar-refractivity contribution is 6.14. The number of hydrogen-bond acceptors (Lipinski definition) is 5. The number of Topliss-reactive ketones (excluding diaryl/α,β-unsaturated/α-hetero) is 1. The van der Waals surface area contributed by atoms with Crippen LogP contribution >= 0.6 is 0 Å². The molecule has 1 amide bonds. The molecule has 0 radical (unpaired) electrons. The van der Waals surface area contributed by atoms with Gasteiger partial charge in [-0.25, -0.2) is 0 Å². The van der Waals surface area contributed by atoms with E-state index < -0.39 is 35.2 Å². The summed E-state index contributed by atoms with van der Waals surface area (Å²) in [6.45, 7) is -0.275. The first-order chi connectivity index (χ1) is 14.8. The van der Waals surface area contributed by atoms with Gasteiger partial charge in [-0.3, -0.25) is 14.6 Å². The lowest BCUT2D eigenvalue weighted by molar-refractivity contribution is -0.137. The van der Waals surface area contributed by atoms with Gasteiger partial charge in [-0.1, -0.05) is 18.2 Å². The van der Waals surface area contributed by atoms with Gasteiger partial charge >= 0.3 is 6.18 Å². The molecule has 0 saturated heterocycles. The molecule has 31 heavy (non-hydrogen) atoms. The Kier molecular flexibility index (Phi) is 5.10. The minimum atomic E-state index is -4.55. The molecule has 0 fully saturated rings. The van der Waals surface area contributed by atoms with E-state index in [4.69, 9.17) is 4.42 Å². The summed E-state index contributed by atoms with van der Waals surface area (Å²) < 4.78 is 44.4. The maximum atomic E-state index is 13.1. The molecule has 0 aliphatic carbocycles. The predicted octanol–water partition coefficient (Wildman–Crippen LogP) is 4.47. The van der Waals surface area contributed by atoms with Gasteiger partial charge in [-0.2, -0.15) is 13.2 Å². The normalized spacial score (nSPS) is 16.8. The Morgan fingerprint density at radius 2 is 1.94 bits per heavy atom. The summed E-state index contributed by atoms with van der Waals surface area (Å²) in [4.78, 5) is 31.1. The Morgan fingerprint density at radius 3 is 2.58 bits per heavy atom. The molecule has 1 N–H and O–H groups in total. The van der Waals surface area contributed by atoms with Crippen LogP contribution < -0.4 is 0 Å². The molecule has 3 aromatic rings. The number of hydrogen-bond donors (Lipinski definition) is 1. The lowest BCUT2D eigenvalue weighted by Crippen LogP contribution is -2.31. The number of halogens is 3. The Labute approximate surface area is 174 Å². The molecule has 1 atom stereocenters. The topological polar surface area (TPSA) is 83.6 Å². The maximum absolute atomic E-state index is 13.1. The lowest BCUT2D eigenvalue weighted by atomic mass is 9.98. The molecule has 9 heteroatoms. The summed E-state index contributed by atoms with van der Waals surface area (Å²) in [5.41, 5.74) is -0.647. The van der Waals surface area contributed by atoms with Crippen LogP contribution in [0.3, 0.4) is 0 Å². The number of aliphatic hydroxyl groups is 1. The molecule has 0 saturated carbocycles. The van der Waals surface area contributed by atoms with Crippen molar-refractivity contribution in [3.63, 3.8) is 0 Å². The summed E-state index contributed by atoms with van der Waals surface area (Å²) in [6.07, 6.45) is -1.82. The van der Waals surface area contributed by atoms with Crippen LogP contribution in [0.4, 0.5) is 13.2 Å². The number of ketones is 1. The first-order valence-electron chi connectivity index (χ1n) is 9.16. The maximum Gasteiger partial charge on any atom is 0.416 e. The molecule has 158 valence electrons. The fourth-order valence-corrected chi connectivity index (χ4v) is 3.48. The second kappa shape index (κ2) is 7.75. The van der Waals surface area contributed by atoms with Crippen LogP contribution in [-0.4, -0.2) is 26.7 Å². The number of nitrogens with zero attached hydrogens (tertiary/aromatic N) is 2. The van der Waals surface area contributed by atoms with Crippen molar-refractivity contribution >= 4 is 11.7 Å². The lowest BCUT2D eigenvalue weighted by Gasteiger charge is -2.26. The average molecular weight is 428 g/mol. The molecule has 6 nitrogen and oxygen atoms in total. The van der Waals surface area contributed by atoms with Crippen molar-refractivity contribution in [3.05, 3.63) is 101 Å². The highest BCUT2D eigenvalue weighted by Crippen LogP contribution is 2.39. The number of aromatic nitrogens is 1.